The number of aliphatic hydroxyl groups excluding tert-OH is 7. The van der Waals surface area contributed by atoms with Crippen LogP contribution in [-0.2, 0) is 33.2 Å². The first-order chi connectivity index (χ1) is 38.6. The summed E-state index contributed by atoms with van der Waals surface area (Å²) in [6.45, 7) is 3.41. The van der Waals surface area contributed by atoms with Gasteiger partial charge in [0.25, 0.3) is 0 Å². The lowest BCUT2D eigenvalue weighted by molar-refractivity contribution is -0.332. The van der Waals surface area contributed by atoms with Crippen molar-refractivity contribution in [1.29, 1.82) is 0 Å². The third-order valence-electron chi connectivity index (χ3n) is 13.5. The molecule has 2 rings (SSSR count). The fraction of sp³-hybridized carbons (Fsp3) is 0.677. The van der Waals surface area contributed by atoms with Gasteiger partial charge in [-0.2, -0.15) is 0 Å². The van der Waals surface area contributed by atoms with Crippen molar-refractivity contribution in [2.45, 2.75) is 248 Å². The second-order valence-corrected chi connectivity index (χ2v) is 20.4. The molecule has 0 aliphatic carbocycles. The monoisotopic (exact) mass is 1110 g/mol. The van der Waals surface area contributed by atoms with Crippen LogP contribution in [0.15, 0.2) is 122 Å². The molecule has 0 saturated carbocycles. The quantitative estimate of drug-likeness (QED) is 0.0172. The predicted molar refractivity (Wildman–Crippen MR) is 316 cm³/mol. The van der Waals surface area contributed by atoms with E-state index in [1.165, 1.54) is 38.5 Å². The van der Waals surface area contributed by atoms with E-state index in [-0.39, 0.29) is 19.6 Å². The topological polar surface area (TPSA) is 214 Å². The van der Waals surface area contributed by atoms with Crippen LogP contribution in [-0.4, -0.2) is 142 Å². The van der Waals surface area contributed by atoms with E-state index in [2.05, 4.69) is 135 Å². The van der Waals surface area contributed by atoms with E-state index in [0.29, 0.717) is 13.0 Å². The van der Waals surface area contributed by atoms with Crippen molar-refractivity contribution in [2.75, 3.05) is 33.0 Å². The van der Waals surface area contributed by atoms with Crippen LogP contribution in [0.4, 0.5) is 0 Å². The fourth-order valence-electron chi connectivity index (χ4n) is 8.62. The molecule has 11 atom stereocenters. The van der Waals surface area contributed by atoms with Gasteiger partial charge in [-0.25, -0.2) is 0 Å². The summed E-state index contributed by atoms with van der Waals surface area (Å²) in [4.78, 5) is 13.1. The number of hydrogen-bond donors (Lipinski definition) is 7. The van der Waals surface area contributed by atoms with Crippen LogP contribution in [0.2, 0.25) is 0 Å². The van der Waals surface area contributed by atoms with Crippen molar-refractivity contribution in [3.63, 3.8) is 0 Å². The molecule has 450 valence electrons. The number of carbonyl (C=O) groups is 1. The number of carbonyl (C=O) groups excluding carboxylic acids is 1. The Morgan fingerprint density at radius 1 is 0.430 bits per heavy atom. The molecule has 2 saturated heterocycles. The highest BCUT2D eigenvalue weighted by atomic mass is 16.7. The lowest BCUT2D eigenvalue weighted by Gasteiger charge is -2.42. The summed E-state index contributed by atoms with van der Waals surface area (Å²) in [5.41, 5.74) is 0. The first-order valence-corrected chi connectivity index (χ1v) is 30.1. The highest BCUT2D eigenvalue weighted by Crippen LogP contribution is 2.26. The standard InChI is InChI=1S/C65H106O14/c1-3-5-7-9-11-13-15-17-19-21-23-25-26-27-29-31-33-35-37-39-41-43-45-47-49-74-51-54(52-75-64-63(73)61(71)59(69)56(79-64)53-76-65-62(72)60(70)58(68)55(50-66)78-65)77-57(67)48-46-44-42-40-38-36-34-32-30-28-24-22-20-18-16-14-12-10-8-6-4-2/h5,7,11,13,16-19,22-25,27,29-30,32-33,35,39,41,54-56,58-66,68-73H,3-4,6,8-10,12,14-15,20-21,26,28,31,34,36-38,40,42-53H2,1-2H3/b7-5-,13-11-,18-16-,19-17-,24-22-,25-23-,29-27-,32-30-,35-33-,41-39-. The van der Waals surface area contributed by atoms with Gasteiger partial charge in [0.15, 0.2) is 12.6 Å². The first-order valence-electron chi connectivity index (χ1n) is 30.1. The van der Waals surface area contributed by atoms with E-state index >= 15 is 0 Å². The zero-order valence-electron chi connectivity index (χ0n) is 48.3. The maximum absolute atomic E-state index is 13.1. The number of rotatable bonds is 47. The van der Waals surface area contributed by atoms with Crippen molar-refractivity contribution in [3.8, 4) is 0 Å². The lowest BCUT2D eigenvalue weighted by atomic mass is 9.98. The largest absolute Gasteiger partial charge is 0.457 e. The Bertz CT molecular complexity index is 1770. The molecular weight excluding hydrogens is 1000 g/mol. The molecule has 0 aromatic rings. The Hall–Kier alpha value is -3.61. The Morgan fingerprint density at radius 3 is 1.29 bits per heavy atom. The SMILES string of the molecule is CC/C=C\C/C=C\C/C=C\C/C=C\C/C=C\C/C=C\C/C=C\CCCCOCC(COC1OC(COC2OC(CO)C(O)C(O)C2O)C(O)C(O)C1O)OC(=O)CCCCCCCC/C=C\C/C=C\C/C=C\CCCCCCC. The summed E-state index contributed by atoms with van der Waals surface area (Å²) in [5, 5.41) is 72.4. The lowest BCUT2D eigenvalue weighted by Crippen LogP contribution is -2.61. The normalized spacial score (nSPS) is 24.9. The van der Waals surface area contributed by atoms with Crippen LogP contribution in [0.5, 0.6) is 0 Å². The Balaban J connectivity index is 1.75. The maximum atomic E-state index is 13.1. The van der Waals surface area contributed by atoms with Gasteiger partial charge in [-0.05, 0) is 109 Å². The number of allylic oxidation sites excluding steroid dienone is 20. The van der Waals surface area contributed by atoms with Gasteiger partial charge in [0.2, 0.25) is 0 Å². The summed E-state index contributed by atoms with van der Waals surface area (Å²) in [6.07, 6.45) is 54.0. The predicted octanol–water partition coefficient (Wildman–Crippen LogP) is 11.3. The van der Waals surface area contributed by atoms with E-state index < -0.39 is 86.7 Å². The third kappa shape index (κ3) is 36.5. The van der Waals surface area contributed by atoms with Crippen molar-refractivity contribution < 1.29 is 69.0 Å². The smallest absolute Gasteiger partial charge is 0.306 e. The Labute approximate surface area is 476 Å². The molecule has 2 fully saturated rings. The van der Waals surface area contributed by atoms with Gasteiger partial charge in [-0.15, -0.1) is 0 Å². The molecule has 14 nitrogen and oxygen atoms in total. The second kappa shape index (κ2) is 50.1. The van der Waals surface area contributed by atoms with Crippen molar-refractivity contribution in [2.24, 2.45) is 0 Å². The van der Waals surface area contributed by atoms with Crippen molar-refractivity contribution in [3.05, 3.63) is 122 Å². The summed E-state index contributed by atoms with van der Waals surface area (Å²) in [7, 11) is 0. The molecule has 0 spiro atoms. The van der Waals surface area contributed by atoms with Crippen LogP contribution in [0.3, 0.4) is 0 Å². The molecule has 2 heterocycles. The fourth-order valence-corrected chi connectivity index (χ4v) is 8.62. The van der Waals surface area contributed by atoms with E-state index in [1.807, 2.05) is 0 Å². The highest BCUT2D eigenvalue weighted by molar-refractivity contribution is 5.69. The Kier molecular flexibility index (Phi) is 45.4. The molecule has 0 amide bonds. The molecule has 2 aliphatic rings. The van der Waals surface area contributed by atoms with Crippen molar-refractivity contribution in [1.82, 2.24) is 0 Å². The average Bonchev–Trinajstić information content (AvgIpc) is 3.46. The molecule has 0 bridgehead atoms. The summed E-state index contributed by atoms with van der Waals surface area (Å²) >= 11 is 0. The van der Waals surface area contributed by atoms with Gasteiger partial charge >= 0.3 is 5.97 Å². The molecule has 14 heteroatoms. The average molecular weight is 1110 g/mol. The van der Waals surface area contributed by atoms with Gasteiger partial charge in [0, 0.05) is 13.0 Å². The number of esters is 1. The summed E-state index contributed by atoms with van der Waals surface area (Å²) in [5.74, 6) is -0.409. The minimum absolute atomic E-state index is 0.0172. The third-order valence-corrected chi connectivity index (χ3v) is 13.5. The van der Waals surface area contributed by atoms with E-state index in [4.69, 9.17) is 28.4 Å². The molecule has 0 aromatic heterocycles. The molecule has 79 heavy (non-hydrogen) atoms. The van der Waals surface area contributed by atoms with Gasteiger partial charge in [0.1, 0.15) is 54.9 Å². The van der Waals surface area contributed by atoms with Gasteiger partial charge in [-0.3, -0.25) is 4.79 Å². The van der Waals surface area contributed by atoms with Crippen LogP contribution in [0.25, 0.3) is 0 Å². The number of unbranched alkanes of at least 4 members (excludes halogenated alkanes) is 13. The van der Waals surface area contributed by atoms with E-state index in [1.54, 1.807) is 0 Å². The van der Waals surface area contributed by atoms with Crippen LogP contribution >= 0.6 is 0 Å². The first kappa shape index (κ1) is 71.5. The van der Waals surface area contributed by atoms with Gasteiger partial charge in [-0.1, -0.05) is 187 Å². The molecule has 0 radical (unpaired) electrons. The van der Waals surface area contributed by atoms with Gasteiger partial charge < -0.3 is 64.2 Å². The molecule has 2 aliphatic heterocycles. The Morgan fingerprint density at radius 2 is 0.823 bits per heavy atom. The zero-order chi connectivity index (χ0) is 57.2. The van der Waals surface area contributed by atoms with Crippen LogP contribution < -0.4 is 0 Å². The number of aliphatic hydroxyl groups is 7. The van der Waals surface area contributed by atoms with Crippen molar-refractivity contribution >= 4 is 5.97 Å². The minimum atomic E-state index is -1.73. The second-order valence-electron chi connectivity index (χ2n) is 20.4. The van der Waals surface area contributed by atoms with Crippen LogP contribution in [0.1, 0.15) is 181 Å². The summed E-state index contributed by atoms with van der Waals surface area (Å²) < 4.78 is 34.3. The maximum Gasteiger partial charge on any atom is 0.306 e. The van der Waals surface area contributed by atoms with E-state index in [9.17, 15) is 40.5 Å². The molecule has 0 aromatic carbocycles. The van der Waals surface area contributed by atoms with E-state index in [0.717, 1.165) is 116 Å². The molecule has 11 unspecified atom stereocenters. The highest BCUT2D eigenvalue weighted by Gasteiger charge is 2.47. The molecule has 7 N–H and O–H groups in total. The number of ether oxygens (including phenoxy) is 6. The summed E-state index contributed by atoms with van der Waals surface area (Å²) in [6, 6.07) is 0. The molecular formula is C65H106O14. The van der Waals surface area contributed by atoms with Gasteiger partial charge in [0.05, 0.1) is 26.4 Å². The zero-order valence-corrected chi connectivity index (χ0v) is 48.3. The van der Waals surface area contributed by atoms with Crippen LogP contribution in [0, 0.1) is 0 Å². The number of hydrogen-bond acceptors (Lipinski definition) is 14. The minimum Gasteiger partial charge on any atom is -0.457 e.